The van der Waals surface area contributed by atoms with Crippen molar-refractivity contribution in [1.29, 1.82) is 0 Å². The van der Waals surface area contributed by atoms with E-state index < -0.39 is 119 Å². The number of hydrogen-bond donors (Lipinski definition) is 3. The highest BCUT2D eigenvalue weighted by molar-refractivity contribution is 5.75. The highest BCUT2D eigenvalue weighted by atomic mass is 16.9. The fraction of sp³-hybridized carbons (Fsp3) is 0.718. The van der Waals surface area contributed by atoms with Crippen LogP contribution in [0.25, 0.3) is 0 Å². The van der Waals surface area contributed by atoms with Gasteiger partial charge in [-0.3, -0.25) is 19.2 Å². The van der Waals surface area contributed by atoms with Crippen molar-refractivity contribution >= 4 is 30.3 Å². The summed E-state index contributed by atoms with van der Waals surface area (Å²) in [6, 6.07) is 1.64. The van der Waals surface area contributed by atoms with Gasteiger partial charge in [-0.25, -0.2) is 4.79 Å². The fourth-order valence-electron chi connectivity index (χ4n) is 10.0. The average Bonchev–Trinajstić information content (AvgIpc) is 3.83. The molecule has 1 aromatic heterocycles. The maximum atomic E-state index is 14.0. The molecular formula is C39H54O16. The first-order valence-corrected chi connectivity index (χ1v) is 18.6. The van der Waals surface area contributed by atoms with E-state index in [2.05, 4.69) is 6.58 Å². The van der Waals surface area contributed by atoms with E-state index in [0.717, 1.165) is 6.92 Å². The summed E-state index contributed by atoms with van der Waals surface area (Å²) in [5, 5.41) is 36.3. The van der Waals surface area contributed by atoms with E-state index in [1.807, 2.05) is 0 Å². The minimum absolute atomic E-state index is 0.0517. The number of esters is 4. The summed E-state index contributed by atoms with van der Waals surface area (Å²) in [4.78, 5) is 66.1. The quantitative estimate of drug-likeness (QED) is 0.113. The Morgan fingerprint density at radius 3 is 2.33 bits per heavy atom. The molecule has 16 nitrogen and oxygen atoms in total. The van der Waals surface area contributed by atoms with Gasteiger partial charge in [0.25, 0.3) is 12.4 Å². The lowest BCUT2D eigenvalue weighted by Gasteiger charge is -2.62. The molecule has 2 saturated carbocycles. The van der Waals surface area contributed by atoms with Gasteiger partial charge in [-0.1, -0.05) is 47.6 Å². The lowest BCUT2D eigenvalue weighted by Crippen LogP contribution is -2.72. The summed E-state index contributed by atoms with van der Waals surface area (Å²) in [6.07, 6.45) is -5.48. The molecule has 1 aromatic rings. The second kappa shape index (κ2) is 15.3. The molecule has 2 aliphatic carbocycles. The molecule has 2 aliphatic heterocycles. The number of rotatable bonds is 13. The van der Waals surface area contributed by atoms with Crippen LogP contribution in [0, 0.1) is 28.6 Å². The van der Waals surface area contributed by atoms with E-state index in [-0.39, 0.29) is 31.5 Å². The smallest absolute Gasteiger partial charge is 0.335 e. The Morgan fingerprint density at radius 2 is 1.76 bits per heavy atom. The molecule has 4 fully saturated rings. The highest BCUT2D eigenvalue weighted by Crippen LogP contribution is 2.70. The number of hydrogen-bond acceptors (Lipinski definition) is 16. The number of fused-ring (bicyclic) bond motifs is 3. The first-order valence-electron chi connectivity index (χ1n) is 18.6. The van der Waals surface area contributed by atoms with Crippen molar-refractivity contribution in [1.82, 2.24) is 0 Å². The van der Waals surface area contributed by atoms with Gasteiger partial charge in [-0.05, 0) is 36.5 Å². The van der Waals surface area contributed by atoms with Gasteiger partial charge in [0, 0.05) is 36.5 Å². The van der Waals surface area contributed by atoms with Gasteiger partial charge in [0.15, 0.2) is 6.10 Å². The molecule has 2 saturated heterocycles. The van der Waals surface area contributed by atoms with E-state index >= 15 is 0 Å². The van der Waals surface area contributed by atoms with Crippen molar-refractivity contribution in [3.8, 4) is 0 Å². The maximum Gasteiger partial charge on any atom is 0.335 e. The zero-order chi connectivity index (χ0) is 40.9. The predicted molar refractivity (Wildman–Crippen MR) is 187 cm³/mol. The van der Waals surface area contributed by atoms with Crippen LogP contribution in [-0.2, 0) is 57.1 Å². The Balaban J connectivity index is 1.86. The Hall–Kier alpha value is -3.83. The summed E-state index contributed by atoms with van der Waals surface area (Å²) in [5.74, 6) is -9.55. The molecule has 0 amide bonds. The molecule has 0 radical (unpaired) electrons. The molecule has 0 spiro atoms. The Bertz CT molecular complexity index is 1640. The third-order valence-corrected chi connectivity index (χ3v) is 13.1. The third-order valence-electron chi connectivity index (χ3n) is 13.1. The van der Waals surface area contributed by atoms with Gasteiger partial charge in [0.2, 0.25) is 0 Å². The lowest BCUT2D eigenvalue weighted by molar-refractivity contribution is -0.328. The summed E-state index contributed by atoms with van der Waals surface area (Å²) < 4.78 is 46.6. The molecule has 3 heterocycles. The second-order valence-electron chi connectivity index (χ2n) is 16.0. The standard InChI is InChI=1S/C39H54O16/c1-10-20(3)31(44)34(45)54-33-32(50-19-40)30(21(4)39(47)26(53-28(42)11-2)14-24(37(33,39)8)23-12-13-49-17-23)36(7)25(15-29(43)48-9)35(6)18-51-38(46,55-35)16-27(36)52-22(5)41/h12-13,17,19-20,24-27,30-33,44,46-47H,4,10-11,14-16,18H2,1-3,5-9H3/t20-,24+,25+,26-,27+,30?,31-,32-,33+,35-,36-,37-,38+,39-/m1/s1. The van der Waals surface area contributed by atoms with Crippen molar-refractivity contribution in [3.05, 3.63) is 36.3 Å². The van der Waals surface area contributed by atoms with Crippen molar-refractivity contribution in [3.63, 3.8) is 0 Å². The largest absolute Gasteiger partial charge is 0.472 e. The number of aliphatic hydroxyl groups excluding tert-OH is 1. The van der Waals surface area contributed by atoms with Crippen LogP contribution in [0.4, 0.5) is 0 Å². The first kappa shape index (κ1) is 42.3. The zero-order valence-corrected chi connectivity index (χ0v) is 32.6. The molecule has 16 heteroatoms. The molecule has 5 rings (SSSR count). The van der Waals surface area contributed by atoms with Crippen LogP contribution < -0.4 is 0 Å². The molecule has 2 bridgehead atoms. The molecular weight excluding hydrogens is 724 g/mol. The number of carbonyl (C=O) groups is 5. The Kier molecular flexibility index (Phi) is 11.7. The zero-order valence-electron chi connectivity index (χ0n) is 32.6. The molecule has 306 valence electrons. The topological polar surface area (TPSA) is 224 Å². The number of aliphatic hydroxyl groups is 3. The van der Waals surface area contributed by atoms with Gasteiger partial charge in [-0.15, -0.1) is 0 Å². The SMILES string of the molecule is C=C1C([C@@]2(C)[C@@H](OC(C)=O)C[C@]3(O)OC[C@@](C)(O3)[C@@H]2CC(=O)OC)[C@@H](OC=O)[C@H](OC(=O)[C@H](O)[C@H](C)CC)[C@@]2(C)[C@H](c3ccoc3)C[C@@H](OC(=O)CC)[C@]12O. The van der Waals surface area contributed by atoms with Crippen LogP contribution in [0.2, 0.25) is 0 Å². The van der Waals surface area contributed by atoms with Crippen molar-refractivity contribution < 1.29 is 76.9 Å². The van der Waals surface area contributed by atoms with Gasteiger partial charge < -0.3 is 52.9 Å². The van der Waals surface area contributed by atoms with Gasteiger partial charge >= 0.3 is 23.9 Å². The highest BCUT2D eigenvalue weighted by Gasteiger charge is 2.79. The van der Waals surface area contributed by atoms with Crippen LogP contribution in [0.1, 0.15) is 92.1 Å². The Morgan fingerprint density at radius 1 is 1.07 bits per heavy atom. The van der Waals surface area contributed by atoms with Crippen LogP contribution in [0.3, 0.4) is 0 Å². The van der Waals surface area contributed by atoms with Crippen molar-refractivity contribution in [2.24, 2.45) is 28.6 Å². The Labute approximate surface area is 319 Å². The van der Waals surface area contributed by atoms with Crippen LogP contribution >= 0.6 is 0 Å². The van der Waals surface area contributed by atoms with E-state index in [9.17, 15) is 39.3 Å². The average molecular weight is 779 g/mol. The predicted octanol–water partition coefficient (Wildman–Crippen LogP) is 2.85. The summed E-state index contributed by atoms with van der Waals surface area (Å²) in [5.41, 5.74) is -6.85. The number of furan rings is 1. The minimum atomic E-state index is -2.32. The van der Waals surface area contributed by atoms with Crippen LogP contribution in [0.5, 0.6) is 0 Å². The number of carbonyl (C=O) groups excluding carboxylic acids is 5. The number of methoxy groups -OCH3 is 1. The number of ether oxygens (including phenoxy) is 7. The fourth-order valence-corrected chi connectivity index (χ4v) is 10.0. The molecule has 0 aromatic carbocycles. The normalized spacial score (nSPS) is 40.6. The maximum absolute atomic E-state index is 14.0. The van der Waals surface area contributed by atoms with Crippen LogP contribution in [-0.4, -0.2) is 107 Å². The van der Waals surface area contributed by atoms with Crippen molar-refractivity contribution in [2.75, 3.05) is 13.7 Å². The van der Waals surface area contributed by atoms with Gasteiger partial charge in [0.1, 0.15) is 30.0 Å². The summed E-state index contributed by atoms with van der Waals surface area (Å²) >= 11 is 0. The van der Waals surface area contributed by atoms with E-state index in [1.165, 1.54) is 19.6 Å². The molecule has 4 aliphatic rings. The monoisotopic (exact) mass is 778 g/mol. The van der Waals surface area contributed by atoms with Crippen molar-refractivity contribution in [2.45, 2.75) is 134 Å². The lowest BCUT2D eigenvalue weighted by atomic mass is 9.46. The molecule has 1 unspecified atom stereocenters. The summed E-state index contributed by atoms with van der Waals surface area (Å²) in [7, 11) is 1.18. The molecule has 14 atom stereocenters. The molecule has 3 N–H and O–H groups in total. The van der Waals surface area contributed by atoms with Gasteiger partial charge in [-0.2, -0.15) is 0 Å². The first-order chi connectivity index (χ1) is 25.7. The van der Waals surface area contributed by atoms with Gasteiger partial charge in [0.05, 0.1) is 50.1 Å². The third kappa shape index (κ3) is 6.77. The van der Waals surface area contributed by atoms with E-state index in [4.69, 9.17) is 37.6 Å². The summed E-state index contributed by atoms with van der Waals surface area (Å²) in [6.45, 7) is 15.2. The van der Waals surface area contributed by atoms with E-state index in [0.29, 0.717) is 12.0 Å². The minimum Gasteiger partial charge on any atom is -0.472 e. The molecule has 55 heavy (non-hydrogen) atoms. The van der Waals surface area contributed by atoms with Crippen LogP contribution in [0.15, 0.2) is 35.2 Å². The van der Waals surface area contributed by atoms with E-state index in [1.54, 1.807) is 47.6 Å². The second-order valence-corrected chi connectivity index (χ2v) is 16.0.